The van der Waals surface area contributed by atoms with Gasteiger partial charge in [-0.15, -0.1) is 0 Å². The number of nitrogens with zero attached hydrogens (tertiary/aromatic N) is 1. The number of hydrogen-bond donors (Lipinski definition) is 0. The van der Waals surface area contributed by atoms with Crippen LogP contribution in [0.2, 0.25) is 0 Å². The van der Waals surface area contributed by atoms with Crippen molar-refractivity contribution in [3.05, 3.63) is 64.9 Å². The molecule has 0 saturated heterocycles. The quantitative estimate of drug-likeness (QED) is 0.820. The van der Waals surface area contributed by atoms with E-state index >= 15 is 0 Å². The third-order valence-electron chi connectivity index (χ3n) is 5.48. The van der Waals surface area contributed by atoms with Crippen LogP contribution in [0.5, 0.6) is 0 Å². The number of carbonyl (C=O) groups is 1. The van der Waals surface area contributed by atoms with Crippen molar-refractivity contribution in [3.63, 3.8) is 0 Å². The van der Waals surface area contributed by atoms with Crippen LogP contribution in [0.3, 0.4) is 0 Å². The van der Waals surface area contributed by atoms with Crippen molar-refractivity contribution in [2.24, 2.45) is 0 Å². The number of aryl methyl sites for hydroxylation is 1. The molecule has 1 aromatic heterocycles. The summed E-state index contributed by atoms with van der Waals surface area (Å²) >= 11 is 0. The summed E-state index contributed by atoms with van der Waals surface area (Å²) in [5, 5.41) is 0.729. The first kappa shape index (κ1) is 16.1. The average molecular weight is 353 g/mol. The monoisotopic (exact) mass is 353 g/mol. The molecule has 1 unspecified atom stereocenters. The van der Waals surface area contributed by atoms with Crippen molar-refractivity contribution in [2.45, 2.75) is 31.9 Å². The van der Waals surface area contributed by atoms with Gasteiger partial charge in [0.15, 0.2) is 5.78 Å². The van der Waals surface area contributed by atoms with Gasteiger partial charge in [0.1, 0.15) is 4.75 Å². The molecule has 5 heteroatoms. The van der Waals surface area contributed by atoms with Crippen LogP contribution in [-0.4, -0.2) is 22.9 Å². The molecule has 25 heavy (non-hydrogen) atoms. The Kier molecular flexibility index (Phi) is 3.25. The normalized spacial score (nSPS) is 22.5. The van der Waals surface area contributed by atoms with E-state index in [1.807, 2.05) is 38.1 Å². The maximum Gasteiger partial charge on any atom is 0.248 e. The zero-order valence-corrected chi connectivity index (χ0v) is 15.2. The van der Waals surface area contributed by atoms with Crippen molar-refractivity contribution in [2.75, 3.05) is 0 Å². The Morgan fingerprint density at radius 2 is 1.92 bits per heavy atom. The molecule has 1 atom stereocenters. The highest BCUT2D eigenvalue weighted by Gasteiger charge is 2.43. The Hall–Kier alpha value is -2.40. The molecule has 0 saturated carbocycles. The van der Waals surface area contributed by atoms with Gasteiger partial charge in [0, 0.05) is 22.7 Å². The zero-order chi connectivity index (χ0) is 18.0. The second-order valence-electron chi connectivity index (χ2n) is 6.95. The molecule has 4 rings (SSSR count). The summed E-state index contributed by atoms with van der Waals surface area (Å²) in [6.45, 7) is 5.50. The van der Waals surface area contributed by atoms with Crippen LogP contribution in [0.25, 0.3) is 17.0 Å². The number of ketones is 1. The van der Waals surface area contributed by atoms with Gasteiger partial charge in [0.05, 0.1) is 5.52 Å². The van der Waals surface area contributed by atoms with Crippen molar-refractivity contribution in [3.8, 4) is 0 Å². The van der Waals surface area contributed by atoms with Gasteiger partial charge in [-0.2, -0.15) is 0 Å². The summed E-state index contributed by atoms with van der Waals surface area (Å²) in [5.41, 5.74) is 3.59. The number of rotatable bonds is 2. The van der Waals surface area contributed by atoms with Gasteiger partial charge in [-0.05, 0) is 44.9 Å². The van der Waals surface area contributed by atoms with E-state index in [0.29, 0.717) is 17.5 Å². The first-order chi connectivity index (χ1) is 11.8. The second kappa shape index (κ2) is 5.05. The van der Waals surface area contributed by atoms with Crippen LogP contribution in [0.4, 0.5) is 0 Å². The van der Waals surface area contributed by atoms with E-state index in [2.05, 4.69) is 0 Å². The van der Waals surface area contributed by atoms with Crippen LogP contribution in [-0.2, 0) is 10.0 Å². The summed E-state index contributed by atoms with van der Waals surface area (Å²) in [6.07, 6.45) is 10.9. The van der Waals surface area contributed by atoms with Gasteiger partial charge in [-0.1, -0.05) is 35.9 Å². The number of aromatic nitrogens is 1. The summed E-state index contributed by atoms with van der Waals surface area (Å²) < 4.78 is 27.6. The summed E-state index contributed by atoms with van der Waals surface area (Å²) in [6, 6.07) is 3.59. The Morgan fingerprint density at radius 3 is 2.64 bits per heavy atom. The topological polar surface area (TPSA) is 56.1 Å². The second-order valence-corrected chi connectivity index (χ2v) is 9.19. The van der Waals surface area contributed by atoms with Gasteiger partial charge in [0.25, 0.3) is 0 Å². The van der Waals surface area contributed by atoms with Gasteiger partial charge in [-0.25, -0.2) is 12.4 Å². The SMILES string of the molecule is CC1=CC=CCC1(C)S(=O)(=O)n1cc2c3c(ccc(C)c31)C(=O)C=C2. The fourth-order valence-electron chi connectivity index (χ4n) is 3.67. The molecule has 0 amide bonds. The minimum atomic E-state index is -3.70. The molecule has 2 aromatic rings. The fourth-order valence-corrected chi connectivity index (χ4v) is 5.62. The Bertz CT molecular complexity index is 1130. The van der Waals surface area contributed by atoms with Crippen LogP contribution in [0.1, 0.15) is 41.8 Å². The number of carbonyl (C=O) groups excluding carboxylic acids is 1. The minimum Gasteiger partial charge on any atom is -0.289 e. The Balaban J connectivity index is 2.07. The molecule has 1 aromatic carbocycles. The summed E-state index contributed by atoms with van der Waals surface area (Å²) in [7, 11) is -3.70. The number of allylic oxidation sites excluding steroid dienone is 4. The third kappa shape index (κ3) is 1.99. The van der Waals surface area contributed by atoms with Crippen molar-refractivity contribution in [1.82, 2.24) is 3.97 Å². The standard InChI is InChI=1S/C20H19NO3S/c1-13-7-9-16-17(22)10-8-15-12-21(19(13)18(15)16)25(23,24)20(3)11-5-4-6-14(20)2/h4-10,12H,11H2,1-3H3. The molecule has 128 valence electrons. The first-order valence-corrected chi connectivity index (χ1v) is 9.67. The first-order valence-electron chi connectivity index (χ1n) is 8.23. The largest absolute Gasteiger partial charge is 0.289 e. The molecule has 2 aliphatic rings. The third-order valence-corrected chi connectivity index (χ3v) is 7.91. The number of benzene rings is 1. The molecule has 4 nitrogen and oxygen atoms in total. The van der Waals surface area contributed by atoms with Crippen LogP contribution in [0, 0.1) is 6.92 Å². The highest BCUT2D eigenvalue weighted by molar-refractivity contribution is 7.91. The zero-order valence-electron chi connectivity index (χ0n) is 14.4. The molecule has 0 radical (unpaired) electrons. The molecule has 0 fully saturated rings. The Labute approximate surface area is 147 Å². The lowest BCUT2D eigenvalue weighted by Gasteiger charge is -2.32. The lowest BCUT2D eigenvalue weighted by atomic mass is 9.94. The highest BCUT2D eigenvalue weighted by Crippen LogP contribution is 2.39. The lowest BCUT2D eigenvalue weighted by molar-refractivity contribution is 0.104. The van der Waals surface area contributed by atoms with Gasteiger partial charge in [0.2, 0.25) is 10.0 Å². The lowest BCUT2D eigenvalue weighted by Crippen LogP contribution is -2.40. The molecule has 2 aliphatic carbocycles. The predicted molar refractivity (Wildman–Crippen MR) is 100 cm³/mol. The predicted octanol–water partition coefficient (Wildman–Crippen LogP) is 4.00. The van der Waals surface area contributed by atoms with E-state index in [4.69, 9.17) is 0 Å². The molecule has 0 N–H and O–H groups in total. The molecule has 1 heterocycles. The van der Waals surface area contributed by atoms with Crippen LogP contribution in [0.15, 0.2) is 48.2 Å². The van der Waals surface area contributed by atoms with E-state index in [1.54, 1.807) is 25.3 Å². The number of hydrogen-bond acceptors (Lipinski definition) is 3. The Morgan fingerprint density at radius 1 is 1.16 bits per heavy atom. The van der Waals surface area contributed by atoms with E-state index < -0.39 is 14.8 Å². The van der Waals surface area contributed by atoms with E-state index in [9.17, 15) is 13.2 Å². The van der Waals surface area contributed by atoms with Crippen molar-refractivity contribution >= 4 is 32.8 Å². The molecular weight excluding hydrogens is 334 g/mol. The van der Waals surface area contributed by atoms with Gasteiger partial charge in [-0.3, -0.25) is 4.79 Å². The van der Waals surface area contributed by atoms with Gasteiger partial charge < -0.3 is 0 Å². The van der Waals surface area contributed by atoms with Crippen molar-refractivity contribution < 1.29 is 13.2 Å². The van der Waals surface area contributed by atoms with E-state index in [1.165, 1.54) is 10.0 Å². The van der Waals surface area contributed by atoms with Crippen molar-refractivity contribution in [1.29, 1.82) is 0 Å². The minimum absolute atomic E-state index is 0.0875. The van der Waals surface area contributed by atoms with Crippen LogP contribution < -0.4 is 0 Å². The molecule has 0 spiro atoms. The maximum atomic E-state index is 13.6. The smallest absolute Gasteiger partial charge is 0.248 e. The average Bonchev–Trinajstić information content (AvgIpc) is 2.97. The summed E-state index contributed by atoms with van der Waals surface area (Å²) in [5.74, 6) is -0.0875. The van der Waals surface area contributed by atoms with Gasteiger partial charge >= 0.3 is 0 Å². The molecule has 0 aliphatic heterocycles. The summed E-state index contributed by atoms with van der Waals surface area (Å²) in [4.78, 5) is 12.2. The molecular formula is C20H19NO3S. The fraction of sp³-hybridized carbons (Fsp3) is 0.250. The van der Waals surface area contributed by atoms with Crippen LogP contribution >= 0.6 is 0 Å². The van der Waals surface area contributed by atoms with E-state index in [0.717, 1.165) is 22.1 Å². The molecule has 0 bridgehead atoms. The van der Waals surface area contributed by atoms with E-state index in [-0.39, 0.29) is 5.78 Å². The highest BCUT2D eigenvalue weighted by atomic mass is 32.2. The maximum absolute atomic E-state index is 13.6.